The Kier molecular flexibility index (Phi) is 6.15. The highest BCUT2D eigenvalue weighted by molar-refractivity contribution is 6.23. The van der Waals surface area contributed by atoms with Gasteiger partial charge in [-0.2, -0.15) is 0 Å². The normalized spacial score (nSPS) is 22.6. The molecule has 0 unspecified atom stereocenters. The number of esters is 2. The zero-order chi connectivity index (χ0) is 27.1. The molecule has 3 aromatic carbocycles. The molecule has 1 saturated carbocycles. The Labute approximate surface area is 223 Å². The van der Waals surface area contributed by atoms with Crippen molar-refractivity contribution < 1.29 is 33.4 Å². The molecule has 2 aliphatic carbocycles. The third-order valence-corrected chi connectivity index (χ3v) is 7.54. The molecule has 194 valence electrons. The Morgan fingerprint density at radius 1 is 0.718 bits per heavy atom. The van der Waals surface area contributed by atoms with Crippen LogP contribution in [0.15, 0.2) is 91.0 Å². The van der Waals surface area contributed by atoms with E-state index < -0.39 is 24.3 Å². The first kappa shape index (κ1) is 24.5. The quantitative estimate of drug-likeness (QED) is 0.150. The molecule has 1 heterocycles. The number of carbonyl (C=O) groups is 5. The average Bonchev–Trinajstić information content (AvgIpc) is 3.66. The fraction of sp³-hybridized carbons (Fsp3) is 0.194. The lowest BCUT2D eigenvalue weighted by atomic mass is 9.85. The number of benzene rings is 3. The number of ether oxygens (including phenoxy) is 2. The zero-order valence-corrected chi connectivity index (χ0v) is 20.7. The van der Waals surface area contributed by atoms with E-state index in [9.17, 15) is 24.0 Å². The Morgan fingerprint density at radius 3 is 2.03 bits per heavy atom. The number of ketones is 1. The van der Waals surface area contributed by atoms with E-state index in [0.717, 1.165) is 6.42 Å². The maximum atomic E-state index is 13.1. The Balaban J connectivity index is 1.07. The lowest BCUT2D eigenvalue weighted by Gasteiger charge is -2.18. The van der Waals surface area contributed by atoms with Gasteiger partial charge in [-0.15, -0.1) is 0 Å². The third kappa shape index (κ3) is 4.44. The van der Waals surface area contributed by atoms with Crippen LogP contribution >= 0.6 is 0 Å². The van der Waals surface area contributed by atoms with Gasteiger partial charge in [0.2, 0.25) is 11.8 Å². The van der Waals surface area contributed by atoms with Crippen LogP contribution in [-0.4, -0.2) is 36.1 Å². The van der Waals surface area contributed by atoms with E-state index in [0.29, 0.717) is 11.3 Å². The molecule has 1 saturated heterocycles. The molecule has 2 amide bonds. The molecular weight excluding hydrogens is 498 g/mol. The van der Waals surface area contributed by atoms with Crippen LogP contribution in [0.4, 0.5) is 5.69 Å². The predicted molar refractivity (Wildman–Crippen MR) is 139 cm³/mol. The molecule has 2 bridgehead atoms. The molecule has 1 aliphatic heterocycles. The molecule has 2 fully saturated rings. The van der Waals surface area contributed by atoms with Crippen LogP contribution in [0.3, 0.4) is 0 Å². The summed E-state index contributed by atoms with van der Waals surface area (Å²) in [5, 5.41) is 0. The summed E-state index contributed by atoms with van der Waals surface area (Å²) in [4.78, 5) is 64.8. The number of rotatable bonds is 7. The van der Waals surface area contributed by atoms with Gasteiger partial charge in [-0.05, 0) is 72.9 Å². The summed E-state index contributed by atoms with van der Waals surface area (Å²) in [6.07, 6.45) is 4.88. The van der Waals surface area contributed by atoms with E-state index in [-0.39, 0.29) is 52.4 Å². The molecule has 3 aliphatic rings. The predicted octanol–water partition coefficient (Wildman–Crippen LogP) is 4.26. The molecule has 0 N–H and O–H groups in total. The standard InChI is InChI=1S/C31H23NO7/c33-25(18-11-13-24(14-12-18)39-31(37)19-5-2-1-3-6-19)17-38-30(36)22-7-4-8-23(16-22)32-28(34)26-20-9-10-21(15-20)27(26)29(32)35/h1-14,16,20-21,26-27H,15,17H2/t20-,21-,26-,27+/m0/s1. The third-order valence-electron chi connectivity index (χ3n) is 7.54. The number of hydrogen-bond acceptors (Lipinski definition) is 7. The van der Waals surface area contributed by atoms with Gasteiger partial charge < -0.3 is 9.47 Å². The zero-order valence-electron chi connectivity index (χ0n) is 20.7. The first-order chi connectivity index (χ1) is 18.9. The number of amides is 2. The minimum Gasteiger partial charge on any atom is -0.454 e. The van der Waals surface area contributed by atoms with Gasteiger partial charge in [0, 0.05) is 5.56 Å². The molecule has 8 heteroatoms. The van der Waals surface area contributed by atoms with Crippen molar-refractivity contribution >= 4 is 35.2 Å². The molecule has 6 rings (SSSR count). The fourth-order valence-electron chi connectivity index (χ4n) is 5.68. The van der Waals surface area contributed by atoms with Gasteiger partial charge in [-0.1, -0.05) is 36.4 Å². The number of fused-ring (bicyclic) bond motifs is 5. The Morgan fingerprint density at radius 2 is 1.36 bits per heavy atom. The van der Waals surface area contributed by atoms with Gasteiger partial charge in [0.15, 0.2) is 12.4 Å². The summed E-state index contributed by atoms with van der Waals surface area (Å²) >= 11 is 0. The monoisotopic (exact) mass is 521 g/mol. The summed E-state index contributed by atoms with van der Waals surface area (Å²) in [7, 11) is 0. The molecule has 3 aromatic rings. The first-order valence-electron chi connectivity index (χ1n) is 12.6. The fourth-order valence-corrected chi connectivity index (χ4v) is 5.68. The van der Waals surface area contributed by atoms with E-state index in [1.807, 2.05) is 12.2 Å². The maximum Gasteiger partial charge on any atom is 0.343 e. The van der Waals surface area contributed by atoms with Gasteiger partial charge in [0.05, 0.1) is 28.7 Å². The Hall–Kier alpha value is -4.85. The summed E-state index contributed by atoms with van der Waals surface area (Å²) < 4.78 is 10.5. The van der Waals surface area contributed by atoms with Gasteiger partial charge in [0.25, 0.3) is 0 Å². The molecule has 8 nitrogen and oxygen atoms in total. The minimum absolute atomic E-state index is 0.0885. The van der Waals surface area contributed by atoms with Crippen molar-refractivity contribution in [3.05, 3.63) is 108 Å². The van der Waals surface area contributed by atoms with Crippen LogP contribution in [-0.2, 0) is 14.3 Å². The molecule has 0 radical (unpaired) electrons. The molecular formula is C31H23NO7. The molecule has 39 heavy (non-hydrogen) atoms. The number of anilines is 1. The second kappa shape index (κ2) is 9.79. The first-order valence-corrected chi connectivity index (χ1v) is 12.6. The van der Waals surface area contributed by atoms with E-state index in [1.165, 1.54) is 41.3 Å². The smallest absolute Gasteiger partial charge is 0.343 e. The van der Waals surface area contributed by atoms with Crippen LogP contribution in [0.1, 0.15) is 37.5 Å². The van der Waals surface area contributed by atoms with Crippen LogP contribution < -0.4 is 9.64 Å². The summed E-state index contributed by atoms with van der Waals surface area (Å²) in [6.45, 7) is -0.507. The number of Topliss-reactive ketones (excluding diaryl/α,β-unsaturated/α-hetero) is 1. The highest BCUT2D eigenvalue weighted by atomic mass is 16.5. The van der Waals surface area contributed by atoms with E-state index in [2.05, 4.69) is 0 Å². The van der Waals surface area contributed by atoms with Gasteiger partial charge in [0.1, 0.15) is 5.75 Å². The molecule has 0 spiro atoms. The lowest BCUT2D eigenvalue weighted by molar-refractivity contribution is -0.123. The number of hydrogen-bond donors (Lipinski definition) is 0. The van der Waals surface area contributed by atoms with Crippen molar-refractivity contribution in [1.82, 2.24) is 0 Å². The van der Waals surface area contributed by atoms with Crippen molar-refractivity contribution in [2.45, 2.75) is 6.42 Å². The number of allylic oxidation sites excluding steroid dienone is 2. The number of imide groups is 1. The van der Waals surface area contributed by atoms with Gasteiger partial charge in [-0.3, -0.25) is 14.4 Å². The molecule has 0 aromatic heterocycles. The average molecular weight is 522 g/mol. The van der Waals surface area contributed by atoms with E-state index in [1.54, 1.807) is 42.5 Å². The van der Waals surface area contributed by atoms with Gasteiger partial charge in [-0.25, -0.2) is 14.5 Å². The topological polar surface area (TPSA) is 107 Å². The van der Waals surface area contributed by atoms with Crippen LogP contribution in [0.5, 0.6) is 5.75 Å². The number of carbonyl (C=O) groups excluding carboxylic acids is 5. The van der Waals surface area contributed by atoms with Crippen molar-refractivity contribution in [1.29, 1.82) is 0 Å². The number of nitrogens with zero attached hydrogens (tertiary/aromatic N) is 1. The highest BCUT2D eigenvalue weighted by Crippen LogP contribution is 2.53. The van der Waals surface area contributed by atoms with Crippen LogP contribution in [0.25, 0.3) is 0 Å². The SMILES string of the molecule is O=C(COC(=O)c1cccc(N2C(=O)[C@@H]3[C@H](C2=O)[C@H]2C=C[C@H]3C2)c1)c1ccc(OC(=O)c2ccccc2)cc1. The van der Waals surface area contributed by atoms with Gasteiger partial charge >= 0.3 is 11.9 Å². The summed E-state index contributed by atoms with van der Waals surface area (Å²) in [5.74, 6) is -2.41. The minimum atomic E-state index is -0.750. The largest absolute Gasteiger partial charge is 0.454 e. The molecule has 4 atom stereocenters. The highest BCUT2D eigenvalue weighted by Gasteiger charge is 2.59. The van der Waals surface area contributed by atoms with Crippen LogP contribution in [0.2, 0.25) is 0 Å². The van der Waals surface area contributed by atoms with Crippen molar-refractivity contribution in [2.75, 3.05) is 11.5 Å². The maximum absolute atomic E-state index is 13.1. The van der Waals surface area contributed by atoms with Crippen molar-refractivity contribution in [3.63, 3.8) is 0 Å². The van der Waals surface area contributed by atoms with E-state index in [4.69, 9.17) is 9.47 Å². The second-order valence-corrected chi connectivity index (χ2v) is 9.84. The van der Waals surface area contributed by atoms with Crippen molar-refractivity contribution in [2.24, 2.45) is 23.7 Å². The Bertz CT molecular complexity index is 1500. The van der Waals surface area contributed by atoms with Crippen molar-refractivity contribution in [3.8, 4) is 5.75 Å². The lowest BCUT2D eigenvalue weighted by Crippen LogP contribution is -2.33. The van der Waals surface area contributed by atoms with E-state index >= 15 is 0 Å². The second-order valence-electron chi connectivity index (χ2n) is 9.84. The van der Waals surface area contributed by atoms with Crippen LogP contribution in [0, 0.1) is 23.7 Å². The summed E-state index contributed by atoms with van der Waals surface area (Å²) in [5.41, 5.74) is 1.13. The summed E-state index contributed by atoms with van der Waals surface area (Å²) in [6, 6.07) is 20.6.